The lowest BCUT2D eigenvalue weighted by molar-refractivity contribution is -0.136. The number of hydrogen-bond acceptors (Lipinski definition) is 11. The number of anilines is 2. The molecule has 3 amide bonds. The zero-order chi connectivity index (χ0) is 46.7. The van der Waals surface area contributed by atoms with Crippen LogP contribution in [-0.4, -0.2) is 108 Å². The number of halogens is 3. The van der Waals surface area contributed by atoms with Gasteiger partial charge in [0, 0.05) is 62.7 Å². The minimum atomic E-state index is -4.24. The lowest BCUT2D eigenvalue weighted by Gasteiger charge is -2.45. The van der Waals surface area contributed by atoms with Crippen LogP contribution in [0.2, 0.25) is 5.02 Å². The first-order valence-electron chi connectivity index (χ1n) is 22.1. The number of likely N-dealkylation sites (tertiary alicyclic amines) is 1. The lowest BCUT2D eigenvalue weighted by Crippen LogP contribution is -2.52. The molecule has 0 aliphatic carbocycles. The van der Waals surface area contributed by atoms with E-state index < -0.39 is 51.0 Å². The number of fused-ring (bicyclic) bond motifs is 2. The molecule has 20 heteroatoms. The molecule has 5 aliphatic rings. The molecule has 4 saturated heterocycles. The molecule has 5 aromatic rings. The summed E-state index contributed by atoms with van der Waals surface area (Å²) in [4.78, 5) is 61.9. The summed E-state index contributed by atoms with van der Waals surface area (Å²) in [5.74, 6) is -1.69. The highest BCUT2D eigenvalue weighted by Crippen LogP contribution is 2.41. The molecule has 0 radical (unpaired) electrons. The van der Waals surface area contributed by atoms with Gasteiger partial charge < -0.3 is 19.4 Å². The van der Waals surface area contributed by atoms with E-state index in [9.17, 15) is 37.2 Å². The second-order valence-corrected chi connectivity index (χ2v) is 19.8. The van der Waals surface area contributed by atoms with Gasteiger partial charge in [-0.05, 0) is 105 Å². The van der Waals surface area contributed by atoms with E-state index in [2.05, 4.69) is 24.8 Å². The molecule has 6 heterocycles. The average molecular weight is 952 g/mol. The Labute approximate surface area is 388 Å². The van der Waals surface area contributed by atoms with Crippen LogP contribution in [0.4, 0.5) is 20.2 Å². The summed E-state index contributed by atoms with van der Waals surface area (Å²) in [5.41, 5.74) is 3.14. The van der Waals surface area contributed by atoms with Crippen molar-refractivity contribution in [1.29, 1.82) is 5.26 Å². The number of benzene rings is 4. The van der Waals surface area contributed by atoms with Crippen molar-refractivity contribution in [3.8, 4) is 23.3 Å². The third kappa shape index (κ3) is 8.47. The molecule has 4 fully saturated rings. The van der Waals surface area contributed by atoms with E-state index in [1.54, 1.807) is 12.1 Å². The summed E-state index contributed by atoms with van der Waals surface area (Å²) in [7, 11) is -4.24. The summed E-state index contributed by atoms with van der Waals surface area (Å²) in [6, 6.07) is 19.0. The van der Waals surface area contributed by atoms with Crippen molar-refractivity contribution in [2.45, 2.75) is 56.8 Å². The summed E-state index contributed by atoms with van der Waals surface area (Å²) >= 11 is 6.91. The number of aromatic nitrogens is 2. The number of carbonyl (C=O) groups excluding carboxylic acids is 3. The maximum Gasteiger partial charge on any atom is 0.301 e. The van der Waals surface area contributed by atoms with Crippen LogP contribution in [0.1, 0.15) is 65.1 Å². The fourth-order valence-corrected chi connectivity index (χ4v) is 11.5. The van der Waals surface area contributed by atoms with E-state index in [1.807, 2.05) is 30.3 Å². The average Bonchev–Trinajstić information content (AvgIpc) is 3.90. The van der Waals surface area contributed by atoms with Gasteiger partial charge in [0.15, 0.2) is 11.6 Å². The van der Waals surface area contributed by atoms with Gasteiger partial charge in [0.25, 0.3) is 11.5 Å². The third-order valence-corrected chi connectivity index (χ3v) is 15.4. The fraction of sp³-hybridized carbons (Fsp3) is 0.362. The van der Waals surface area contributed by atoms with E-state index in [0.29, 0.717) is 40.0 Å². The Morgan fingerprint density at radius 1 is 0.940 bits per heavy atom. The molecule has 346 valence electrons. The van der Waals surface area contributed by atoms with E-state index in [1.165, 1.54) is 39.6 Å². The molecule has 4 aromatic carbocycles. The number of piperidine rings is 2. The van der Waals surface area contributed by atoms with Crippen LogP contribution < -0.4 is 25.2 Å². The fourth-order valence-electron chi connectivity index (χ4n) is 9.87. The maximum atomic E-state index is 15.2. The topological polar surface area (TPSA) is 190 Å². The molecule has 67 heavy (non-hydrogen) atoms. The molecule has 1 aromatic heterocycles. The van der Waals surface area contributed by atoms with Crippen molar-refractivity contribution in [2.75, 3.05) is 55.4 Å². The van der Waals surface area contributed by atoms with E-state index in [4.69, 9.17) is 16.3 Å². The maximum absolute atomic E-state index is 15.2. The van der Waals surface area contributed by atoms with Gasteiger partial charge in [-0.3, -0.25) is 33.8 Å². The smallest absolute Gasteiger partial charge is 0.301 e. The van der Waals surface area contributed by atoms with Crippen LogP contribution in [0.5, 0.6) is 11.5 Å². The lowest BCUT2D eigenvalue weighted by atomic mass is 9.88. The molecule has 0 unspecified atom stereocenters. The summed E-state index contributed by atoms with van der Waals surface area (Å²) < 4.78 is 65.1. The molecular weight excluding hydrogens is 908 g/mol. The van der Waals surface area contributed by atoms with E-state index >= 15 is 4.39 Å². The summed E-state index contributed by atoms with van der Waals surface area (Å²) in [6.45, 7) is 4.38. The van der Waals surface area contributed by atoms with Crippen LogP contribution in [-0.2, 0) is 26.3 Å². The van der Waals surface area contributed by atoms with Crippen LogP contribution >= 0.6 is 11.6 Å². The van der Waals surface area contributed by atoms with Gasteiger partial charge in [-0.25, -0.2) is 13.8 Å². The number of carbonyl (C=O) groups is 3. The van der Waals surface area contributed by atoms with Crippen molar-refractivity contribution >= 4 is 61.8 Å². The van der Waals surface area contributed by atoms with Gasteiger partial charge >= 0.3 is 10.2 Å². The molecule has 5 aliphatic heterocycles. The largest absolute Gasteiger partial charge is 0.453 e. The second kappa shape index (κ2) is 17.6. The van der Waals surface area contributed by atoms with Gasteiger partial charge in [-0.1, -0.05) is 23.7 Å². The van der Waals surface area contributed by atoms with Crippen LogP contribution in [0.3, 0.4) is 0 Å². The zero-order valence-electron chi connectivity index (χ0n) is 36.0. The standard InChI is InChI=1S/C47H44ClF2N9O7S/c48-43-36-25-58(41-11-12-42(60)53-45(41)61)46(62)33(36)6-10-40(43)56-22-27(23-56)21-55-16-13-29(14-17-55)28-1-3-31(4-2-28)59-26-52-38-8-5-32(19-34(38)47(59)63)66-44-35(20-51)39(9-7-37(44)50)54-67(64,65)57-18-15-30(49)24-57/h1-10,19,26-27,29-30,41,54H,11-18,21-25H2,(H,53,60,61)/t30-,41+/m1/s1. The van der Waals surface area contributed by atoms with Crippen molar-refractivity contribution in [3.05, 3.63) is 117 Å². The van der Waals surface area contributed by atoms with Crippen LogP contribution in [0, 0.1) is 23.1 Å². The van der Waals surface area contributed by atoms with Crippen molar-refractivity contribution in [2.24, 2.45) is 5.92 Å². The summed E-state index contributed by atoms with van der Waals surface area (Å²) in [6.07, 6.45) is 2.60. The number of nitrogens with one attached hydrogen (secondary N) is 2. The van der Waals surface area contributed by atoms with Gasteiger partial charge in [0.1, 0.15) is 35.9 Å². The molecule has 0 spiro atoms. The predicted octanol–water partition coefficient (Wildman–Crippen LogP) is 5.62. The number of ether oxygens (including phenoxy) is 1. The minimum absolute atomic E-state index is 0.0134. The number of nitriles is 1. The Morgan fingerprint density at radius 3 is 2.43 bits per heavy atom. The predicted molar refractivity (Wildman–Crippen MR) is 244 cm³/mol. The molecule has 10 rings (SSSR count). The highest BCUT2D eigenvalue weighted by Gasteiger charge is 2.41. The molecule has 2 N–H and O–H groups in total. The first kappa shape index (κ1) is 44.4. The van der Waals surface area contributed by atoms with Crippen LogP contribution in [0.25, 0.3) is 16.6 Å². The van der Waals surface area contributed by atoms with Gasteiger partial charge in [0.2, 0.25) is 11.8 Å². The van der Waals surface area contributed by atoms with Crippen molar-refractivity contribution in [3.63, 3.8) is 0 Å². The molecule has 0 saturated carbocycles. The Balaban J connectivity index is 0.747. The van der Waals surface area contributed by atoms with Crippen molar-refractivity contribution in [1.82, 2.24) is 29.0 Å². The number of hydrogen-bond donors (Lipinski definition) is 2. The van der Waals surface area contributed by atoms with Gasteiger partial charge in [-0.2, -0.15) is 18.0 Å². The van der Waals surface area contributed by atoms with E-state index in [-0.39, 0.29) is 61.1 Å². The van der Waals surface area contributed by atoms with Gasteiger partial charge in [-0.15, -0.1) is 0 Å². The Bertz CT molecular complexity index is 3060. The minimum Gasteiger partial charge on any atom is -0.453 e. The highest BCUT2D eigenvalue weighted by molar-refractivity contribution is 7.90. The number of alkyl halides is 1. The molecule has 0 bridgehead atoms. The second-order valence-electron chi connectivity index (χ2n) is 17.7. The Kier molecular flexibility index (Phi) is 11.7. The monoisotopic (exact) mass is 951 g/mol. The Morgan fingerprint density at radius 2 is 1.72 bits per heavy atom. The molecule has 2 atom stereocenters. The highest BCUT2D eigenvalue weighted by atomic mass is 35.5. The first-order chi connectivity index (χ1) is 32.2. The number of rotatable bonds is 11. The number of amides is 3. The Hall–Kier alpha value is -6.46. The molecule has 16 nitrogen and oxygen atoms in total. The normalized spacial score (nSPS) is 20.8. The number of nitrogens with zero attached hydrogens (tertiary/aromatic N) is 7. The zero-order valence-corrected chi connectivity index (χ0v) is 37.5. The molecular formula is C47H44ClF2N9O7S. The van der Waals surface area contributed by atoms with Crippen molar-refractivity contribution < 1.29 is 36.3 Å². The van der Waals surface area contributed by atoms with Crippen LogP contribution in [0.15, 0.2) is 77.9 Å². The third-order valence-electron chi connectivity index (χ3n) is 13.5. The SMILES string of the molecule is N#Cc1c(NS(=O)(=O)N2CC[C@@H](F)C2)ccc(F)c1Oc1ccc2ncn(-c3ccc(C4CCN(CC5CN(c6ccc7c(c6Cl)CN([C@H]6CCC(=O)NC6=O)C7=O)C5)CC4)cc3)c(=O)c2c1. The quantitative estimate of drug-likeness (QED) is 0.156. The van der Waals surface area contributed by atoms with Gasteiger partial charge in [0.05, 0.1) is 33.0 Å². The first-order valence-corrected chi connectivity index (χ1v) is 23.9. The van der Waals surface area contributed by atoms with E-state index in [0.717, 1.165) is 73.3 Å². The number of imide groups is 1. The summed E-state index contributed by atoms with van der Waals surface area (Å²) in [5, 5.41) is 13.0.